The van der Waals surface area contributed by atoms with Crippen LogP contribution in [0.2, 0.25) is 0 Å². The van der Waals surface area contributed by atoms with E-state index in [1.807, 2.05) is 13.1 Å². The summed E-state index contributed by atoms with van der Waals surface area (Å²) in [6.45, 7) is 1.94. The Morgan fingerprint density at radius 2 is 2.32 bits per heavy atom. The Hall–Kier alpha value is -2.15. The summed E-state index contributed by atoms with van der Waals surface area (Å²) in [4.78, 5) is 16.5. The highest BCUT2D eigenvalue weighted by Crippen LogP contribution is 2.41. The highest BCUT2D eigenvalue weighted by molar-refractivity contribution is 5.93. The number of aliphatic hydroxyl groups excluding tert-OH is 1. The SMILES string of the molecule is Cc1cnn([C@H]2[C@H](O)C[C@@H]2NC(=O)c2ocnc2C2CC2)c1. The predicted molar refractivity (Wildman–Crippen MR) is 76.4 cm³/mol. The molecule has 0 aromatic carbocycles. The molecule has 7 heteroatoms. The molecule has 7 nitrogen and oxygen atoms in total. The molecular weight excluding hydrogens is 284 g/mol. The molecule has 2 aliphatic carbocycles. The number of oxazole rings is 1. The first-order valence-corrected chi connectivity index (χ1v) is 7.56. The molecule has 2 aliphatic rings. The molecule has 2 heterocycles. The van der Waals surface area contributed by atoms with Crippen LogP contribution in [0.25, 0.3) is 0 Å². The summed E-state index contributed by atoms with van der Waals surface area (Å²) in [6.07, 6.45) is 7.08. The molecule has 3 atom stereocenters. The first-order valence-electron chi connectivity index (χ1n) is 7.56. The summed E-state index contributed by atoms with van der Waals surface area (Å²) in [5, 5.41) is 17.2. The molecule has 2 aromatic rings. The summed E-state index contributed by atoms with van der Waals surface area (Å²) in [5.74, 6) is 0.403. The van der Waals surface area contributed by atoms with Crippen LogP contribution >= 0.6 is 0 Å². The minimum Gasteiger partial charge on any atom is -0.438 e. The van der Waals surface area contributed by atoms with Gasteiger partial charge in [0.25, 0.3) is 5.91 Å². The molecule has 0 unspecified atom stereocenters. The topological polar surface area (TPSA) is 93.2 Å². The second-order valence-corrected chi connectivity index (χ2v) is 6.21. The van der Waals surface area contributed by atoms with Crippen LogP contribution in [0.15, 0.2) is 23.2 Å². The fourth-order valence-corrected chi connectivity index (χ4v) is 3.02. The van der Waals surface area contributed by atoms with Gasteiger partial charge in [0.1, 0.15) is 0 Å². The van der Waals surface area contributed by atoms with Gasteiger partial charge in [-0.05, 0) is 31.7 Å². The fraction of sp³-hybridized carbons (Fsp3) is 0.533. The molecule has 0 aliphatic heterocycles. The Bertz CT molecular complexity index is 703. The number of nitrogens with zero attached hydrogens (tertiary/aromatic N) is 3. The van der Waals surface area contributed by atoms with Crippen molar-refractivity contribution in [1.29, 1.82) is 0 Å². The molecule has 116 valence electrons. The lowest BCUT2D eigenvalue weighted by Crippen LogP contribution is -2.56. The van der Waals surface area contributed by atoms with Crippen molar-refractivity contribution in [2.24, 2.45) is 0 Å². The first-order chi connectivity index (χ1) is 10.6. The third kappa shape index (κ3) is 2.21. The maximum atomic E-state index is 12.4. The maximum absolute atomic E-state index is 12.4. The monoisotopic (exact) mass is 302 g/mol. The number of nitrogens with one attached hydrogen (secondary N) is 1. The van der Waals surface area contributed by atoms with Gasteiger partial charge in [-0.15, -0.1) is 0 Å². The van der Waals surface area contributed by atoms with Crippen molar-refractivity contribution in [3.8, 4) is 0 Å². The third-order valence-corrected chi connectivity index (χ3v) is 4.42. The summed E-state index contributed by atoms with van der Waals surface area (Å²) in [7, 11) is 0. The van der Waals surface area contributed by atoms with Gasteiger partial charge in [0.2, 0.25) is 5.76 Å². The molecular formula is C15H18N4O3. The average Bonchev–Trinajstić information content (AvgIpc) is 3.05. The zero-order chi connectivity index (χ0) is 15.3. The van der Waals surface area contributed by atoms with E-state index in [0.717, 1.165) is 24.1 Å². The summed E-state index contributed by atoms with van der Waals surface area (Å²) in [5.41, 5.74) is 1.78. The molecule has 0 bridgehead atoms. The minimum atomic E-state index is -0.498. The van der Waals surface area contributed by atoms with Crippen LogP contribution in [0.1, 0.15) is 53.0 Å². The van der Waals surface area contributed by atoms with Crippen LogP contribution in [0.3, 0.4) is 0 Å². The van der Waals surface area contributed by atoms with Crippen LogP contribution < -0.4 is 5.32 Å². The molecule has 2 saturated carbocycles. The number of aliphatic hydroxyl groups is 1. The predicted octanol–water partition coefficient (Wildman–Crippen LogP) is 1.16. The van der Waals surface area contributed by atoms with Crippen LogP contribution in [0.4, 0.5) is 0 Å². The lowest BCUT2D eigenvalue weighted by Gasteiger charge is -2.41. The van der Waals surface area contributed by atoms with E-state index in [9.17, 15) is 9.90 Å². The minimum absolute atomic E-state index is 0.154. The fourth-order valence-electron chi connectivity index (χ4n) is 3.02. The maximum Gasteiger partial charge on any atom is 0.289 e. The number of carbonyl (C=O) groups excluding carboxylic acids is 1. The van der Waals surface area contributed by atoms with Gasteiger partial charge in [0.15, 0.2) is 6.39 Å². The van der Waals surface area contributed by atoms with Crippen molar-refractivity contribution in [3.63, 3.8) is 0 Å². The van der Waals surface area contributed by atoms with Gasteiger partial charge in [-0.25, -0.2) is 4.98 Å². The van der Waals surface area contributed by atoms with Gasteiger partial charge in [0, 0.05) is 12.1 Å². The van der Waals surface area contributed by atoms with Crippen molar-refractivity contribution >= 4 is 5.91 Å². The molecule has 0 saturated heterocycles. The number of hydrogen-bond donors (Lipinski definition) is 2. The lowest BCUT2D eigenvalue weighted by atomic mass is 9.83. The molecule has 22 heavy (non-hydrogen) atoms. The van der Waals surface area contributed by atoms with Gasteiger partial charge in [-0.3, -0.25) is 9.48 Å². The van der Waals surface area contributed by atoms with E-state index in [4.69, 9.17) is 4.42 Å². The second kappa shape index (κ2) is 4.95. The Kier molecular flexibility index (Phi) is 3.04. The standard InChI is InChI=1S/C15H18N4O3/c1-8-5-17-19(6-8)13-10(4-11(13)20)18-15(21)14-12(9-2-3-9)16-7-22-14/h5-7,9-11,13,20H,2-4H2,1H3,(H,18,21)/t10-,11+,13+/m0/s1. The van der Waals surface area contributed by atoms with E-state index in [1.165, 1.54) is 6.39 Å². The van der Waals surface area contributed by atoms with Gasteiger partial charge in [0.05, 0.1) is 30.1 Å². The van der Waals surface area contributed by atoms with Gasteiger partial charge in [-0.2, -0.15) is 5.10 Å². The van der Waals surface area contributed by atoms with E-state index >= 15 is 0 Å². The zero-order valence-electron chi connectivity index (χ0n) is 12.3. The normalized spacial score (nSPS) is 27.5. The molecule has 0 spiro atoms. The molecule has 1 amide bonds. The Morgan fingerprint density at radius 3 is 2.95 bits per heavy atom. The third-order valence-electron chi connectivity index (χ3n) is 4.42. The number of rotatable bonds is 4. The Morgan fingerprint density at radius 1 is 1.50 bits per heavy atom. The second-order valence-electron chi connectivity index (χ2n) is 6.21. The van der Waals surface area contributed by atoms with Gasteiger partial charge < -0.3 is 14.8 Å². The zero-order valence-corrected chi connectivity index (χ0v) is 12.3. The van der Waals surface area contributed by atoms with Gasteiger partial charge in [-0.1, -0.05) is 0 Å². The van der Waals surface area contributed by atoms with Crippen LogP contribution in [-0.2, 0) is 0 Å². The quantitative estimate of drug-likeness (QED) is 0.884. The van der Waals surface area contributed by atoms with Crippen molar-refractivity contribution in [1.82, 2.24) is 20.1 Å². The Labute approximate surface area is 127 Å². The van der Waals surface area contributed by atoms with Crippen molar-refractivity contribution in [3.05, 3.63) is 35.8 Å². The number of amides is 1. The average molecular weight is 302 g/mol. The first kappa shape index (κ1) is 13.5. The summed E-state index contributed by atoms with van der Waals surface area (Å²) >= 11 is 0. The largest absolute Gasteiger partial charge is 0.438 e. The Balaban J connectivity index is 1.48. The smallest absolute Gasteiger partial charge is 0.289 e. The number of carbonyl (C=O) groups is 1. The van der Waals surface area contributed by atoms with E-state index in [1.54, 1.807) is 10.9 Å². The van der Waals surface area contributed by atoms with E-state index in [0.29, 0.717) is 18.1 Å². The summed E-state index contributed by atoms with van der Waals surface area (Å²) < 4.78 is 6.98. The van der Waals surface area contributed by atoms with Crippen molar-refractivity contribution < 1.29 is 14.3 Å². The highest BCUT2D eigenvalue weighted by Gasteiger charge is 2.43. The van der Waals surface area contributed by atoms with Crippen molar-refractivity contribution in [2.45, 2.75) is 50.3 Å². The molecule has 4 rings (SSSR count). The van der Waals surface area contributed by atoms with Crippen LogP contribution in [0.5, 0.6) is 0 Å². The molecule has 0 radical (unpaired) electrons. The number of aromatic nitrogens is 3. The van der Waals surface area contributed by atoms with Gasteiger partial charge >= 0.3 is 0 Å². The van der Waals surface area contributed by atoms with E-state index in [-0.39, 0.29) is 18.0 Å². The lowest BCUT2D eigenvalue weighted by molar-refractivity contribution is -0.00627. The van der Waals surface area contributed by atoms with Crippen LogP contribution in [0, 0.1) is 6.92 Å². The van der Waals surface area contributed by atoms with Crippen molar-refractivity contribution in [2.75, 3.05) is 0 Å². The molecule has 2 fully saturated rings. The van der Waals surface area contributed by atoms with E-state index < -0.39 is 6.10 Å². The van der Waals surface area contributed by atoms with E-state index in [2.05, 4.69) is 15.4 Å². The number of hydrogen-bond acceptors (Lipinski definition) is 5. The molecule has 2 N–H and O–H groups in total. The van der Waals surface area contributed by atoms with Crippen LogP contribution in [-0.4, -0.2) is 37.9 Å². The summed E-state index contributed by atoms with van der Waals surface area (Å²) in [6, 6.07) is -0.385. The number of aryl methyl sites for hydroxylation is 1. The highest BCUT2D eigenvalue weighted by atomic mass is 16.3. The molecule has 2 aromatic heterocycles.